The van der Waals surface area contributed by atoms with Crippen LogP contribution in [0, 0.1) is 0 Å². The van der Waals surface area contributed by atoms with E-state index in [4.69, 9.17) is 16.7 Å². The van der Waals surface area contributed by atoms with Crippen molar-refractivity contribution in [3.8, 4) is 0 Å². The molecule has 18 heavy (non-hydrogen) atoms. The average Bonchev–Trinajstić information content (AvgIpc) is 2.35. The minimum absolute atomic E-state index is 0.00130. The fraction of sp³-hybridized carbons (Fsp3) is 0.462. The molecule has 1 saturated heterocycles. The second-order valence-corrected chi connectivity index (χ2v) is 4.90. The van der Waals surface area contributed by atoms with E-state index in [1.54, 1.807) is 11.9 Å². The summed E-state index contributed by atoms with van der Waals surface area (Å²) in [7, 11) is 1.79. The van der Waals surface area contributed by atoms with E-state index < -0.39 is 0 Å². The van der Waals surface area contributed by atoms with Gasteiger partial charge in [-0.2, -0.15) is 0 Å². The van der Waals surface area contributed by atoms with Crippen LogP contribution in [0.4, 0.5) is 5.69 Å². The van der Waals surface area contributed by atoms with Gasteiger partial charge in [0.15, 0.2) is 0 Å². The van der Waals surface area contributed by atoms with E-state index in [-0.39, 0.29) is 18.6 Å². The Morgan fingerprint density at radius 1 is 1.44 bits per heavy atom. The first-order valence-corrected chi connectivity index (χ1v) is 6.39. The quantitative estimate of drug-likeness (QED) is 0.901. The molecule has 1 aliphatic rings. The van der Waals surface area contributed by atoms with E-state index in [0.29, 0.717) is 18.0 Å². The number of benzene rings is 1. The molecule has 0 aromatic heterocycles. The number of amides is 1. The molecule has 1 aliphatic heterocycles. The standard InChI is InChI=1S/C13H17ClN2O2/c1-15-6-7-16(12(5-8-17)13(15)18)11-4-2-3-10(14)9-11/h2-4,9,12,17H,5-8H2,1H3. The lowest BCUT2D eigenvalue weighted by molar-refractivity contribution is -0.133. The van der Waals surface area contributed by atoms with E-state index in [0.717, 1.165) is 12.2 Å². The van der Waals surface area contributed by atoms with Crippen LogP contribution < -0.4 is 4.90 Å². The van der Waals surface area contributed by atoms with Gasteiger partial charge in [0.05, 0.1) is 0 Å². The van der Waals surface area contributed by atoms with Crippen LogP contribution in [0.1, 0.15) is 6.42 Å². The molecule has 2 rings (SSSR count). The molecule has 98 valence electrons. The zero-order valence-corrected chi connectivity index (χ0v) is 11.1. The van der Waals surface area contributed by atoms with Crippen molar-refractivity contribution >= 4 is 23.2 Å². The average molecular weight is 269 g/mol. The van der Waals surface area contributed by atoms with Crippen molar-refractivity contribution in [3.05, 3.63) is 29.3 Å². The number of hydrogen-bond donors (Lipinski definition) is 1. The van der Waals surface area contributed by atoms with E-state index in [1.807, 2.05) is 29.2 Å². The fourth-order valence-electron chi connectivity index (χ4n) is 2.28. The van der Waals surface area contributed by atoms with Crippen molar-refractivity contribution in [1.82, 2.24) is 4.90 Å². The van der Waals surface area contributed by atoms with Gasteiger partial charge in [0.25, 0.3) is 0 Å². The maximum Gasteiger partial charge on any atom is 0.245 e. The number of hydrogen-bond acceptors (Lipinski definition) is 3. The molecule has 1 N–H and O–H groups in total. The highest BCUT2D eigenvalue weighted by atomic mass is 35.5. The lowest BCUT2D eigenvalue weighted by Gasteiger charge is -2.40. The smallest absolute Gasteiger partial charge is 0.245 e. The van der Waals surface area contributed by atoms with Gasteiger partial charge in [-0.1, -0.05) is 17.7 Å². The van der Waals surface area contributed by atoms with Crippen molar-refractivity contribution in [3.63, 3.8) is 0 Å². The van der Waals surface area contributed by atoms with Crippen molar-refractivity contribution < 1.29 is 9.90 Å². The van der Waals surface area contributed by atoms with Crippen LogP contribution >= 0.6 is 11.6 Å². The van der Waals surface area contributed by atoms with Crippen LogP contribution in [0.5, 0.6) is 0 Å². The summed E-state index contributed by atoms with van der Waals surface area (Å²) in [6.45, 7) is 1.45. The van der Waals surface area contributed by atoms with E-state index in [2.05, 4.69) is 0 Å². The number of carbonyl (C=O) groups excluding carboxylic acids is 1. The van der Waals surface area contributed by atoms with Gasteiger partial charge in [0.2, 0.25) is 5.91 Å². The van der Waals surface area contributed by atoms with Gasteiger partial charge < -0.3 is 14.9 Å². The molecular formula is C13H17ClN2O2. The van der Waals surface area contributed by atoms with Crippen molar-refractivity contribution in [1.29, 1.82) is 0 Å². The monoisotopic (exact) mass is 268 g/mol. The summed E-state index contributed by atoms with van der Waals surface area (Å²) in [5, 5.41) is 9.77. The Morgan fingerprint density at radius 3 is 2.89 bits per heavy atom. The molecular weight excluding hydrogens is 252 g/mol. The highest BCUT2D eigenvalue weighted by Gasteiger charge is 2.32. The van der Waals surface area contributed by atoms with Crippen molar-refractivity contribution in [2.24, 2.45) is 0 Å². The summed E-state index contributed by atoms with van der Waals surface area (Å²) < 4.78 is 0. The van der Waals surface area contributed by atoms with Crippen LogP contribution in [0.15, 0.2) is 24.3 Å². The molecule has 0 saturated carbocycles. The Kier molecular flexibility index (Phi) is 4.09. The van der Waals surface area contributed by atoms with Gasteiger partial charge >= 0.3 is 0 Å². The number of halogens is 1. The van der Waals surface area contributed by atoms with Crippen LogP contribution in [-0.4, -0.2) is 48.7 Å². The van der Waals surface area contributed by atoms with E-state index >= 15 is 0 Å². The second-order valence-electron chi connectivity index (χ2n) is 4.46. The molecule has 0 bridgehead atoms. The van der Waals surface area contributed by atoms with Gasteiger partial charge in [-0.15, -0.1) is 0 Å². The van der Waals surface area contributed by atoms with E-state index in [1.165, 1.54) is 0 Å². The van der Waals surface area contributed by atoms with Crippen LogP contribution in [0.3, 0.4) is 0 Å². The number of aliphatic hydroxyl groups is 1. The van der Waals surface area contributed by atoms with Gasteiger partial charge in [-0.3, -0.25) is 4.79 Å². The normalized spacial score (nSPS) is 20.4. The van der Waals surface area contributed by atoms with Crippen molar-refractivity contribution in [2.75, 3.05) is 31.6 Å². The molecule has 1 heterocycles. The fourth-order valence-corrected chi connectivity index (χ4v) is 2.46. The highest BCUT2D eigenvalue weighted by molar-refractivity contribution is 6.30. The van der Waals surface area contributed by atoms with Gasteiger partial charge in [0, 0.05) is 37.5 Å². The second kappa shape index (κ2) is 5.59. The number of piperazine rings is 1. The molecule has 1 fully saturated rings. The molecule has 1 aromatic carbocycles. The molecule has 1 aromatic rings. The number of anilines is 1. The molecule has 1 unspecified atom stereocenters. The lowest BCUT2D eigenvalue weighted by atomic mass is 10.1. The molecule has 1 atom stereocenters. The number of likely N-dealkylation sites (N-methyl/N-ethyl adjacent to an activating group) is 1. The zero-order chi connectivity index (χ0) is 13.1. The van der Waals surface area contributed by atoms with E-state index in [9.17, 15) is 4.79 Å². The number of nitrogens with zero attached hydrogens (tertiary/aromatic N) is 2. The highest BCUT2D eigenvalue weighted by Crippen LogP contribution is 2.25. The number of aliphatic hydroxyl groups excluding tert-OH is 1. The molecule has 5 heteroatoms. The largest absolute Gasteiger partial charge is 0.396 e. The third kappa shape index (κ3) is 2.60. The lowest BCUT2D eigenvalue weighted by Crippen LogP contribution is -2.56. The van der Waals surface area contributed by atoms with Gasteiger partial charge in [-0.25, -0.2) is 0 Å². The first-order chi connectivity index (χ1) is 8.63. The molecule has 0 radical (unpaired) electrons. The Hall–Kier alpha value is -1.26. The molecule has 0 spiro atoms. The molecule has 4 nitrogen and oxygen atoms in total. The summed E-state index contributed by atoms with van der Waals surface area (Å²) in [6, 6.07) is 7.17. The number of carbonyl (C=O) groups is 1. The predicted octanol–water partition coefficient (Wildman–Crippen LogP) is 1.37. The minimum atomic E-state index is -0.299. The van der Waals surface area contributed by atoms with Crippen LogP contribution in [-0.2, 0) is 4.79 Å². The van der Waals surface area contributed by atoms with Crippen LogP contribution in [0.25, 0.3) is 0 Å². The predicted molar refractivity (Wildman–Crippen MR) is 71.9 cm³/mol. The third-order valence-corrected chi connectivity index (χ3v) is 3.49. The maximum atomic E-state index is 12.1. The zero-order valence-electron chi connectivity index (χ0n) is 10.3. The molecule has 1 amide bonds. The first-order valence-electron chi connectivity index (χ1n) is 6.01. The summed E-state index contributed by atoms with van der Waals surface area (Å²) in [6.07, 6.45) is 0.440. The summed E-state index contributed by atoms with van der Waals surface area (Å²) in [4.78, 5) is 15.9. The molecule has 0 aliphatic carbocycles. The first kappa shape index (κ1) is 13.2. The summed E-state index contributed by atoms with van der Waals surface area (Å²) in [5.41, 5.74) is 0.933. The SMILES string of the molecule is CN1CCN(c2cccc(Cl)c2)C(CCO)C1=O. The minimum Gasteiger partial charge on any atom is -0.396 e. The third-order valence-electron chi connectivity index (χ3n) is 3.26. The Morgan fingerprint density at radius 2 is 2.22 bits per heavy atom. The van der Waals surface area contributed by atoms with Gasteiger partial charge in [-0.05, 0) is 24.6 Å². The maximum absolute atomic E-state index is 12.1. The summed E-state index contributed by atoms with van der Waals surface area (Å²) >= 11 is 5.98. The Labute approximate surface area is 112 Å². The van der Waals surface area contributed by atoms with Crippen molar-refractivity contribution in [2.45, 2.75) is 12.5 Å². The Bertz CT molecular complexity index is 439. The Balaban J connectivity index is 2.27. The number of rotatable bonds is 3. The summed E-state index contributed by atoms with van der Waals surface area (Å²) in [5.74, 6) is 0.0512. The van der Waals surface area contributed by atoms with Gasteiger partial charge in [0.1, 0.15) is 6.04 Å². The topological polar surface area (TPSA) is 43.8 Å². The van der Waals surface area contributed by atoms with Crippen LogP contribution in [0.2, 0.25) is 5.02 Å².